The molecule has 1 amide bonds. The van der Waals surface area contributed by atoms with Crippen molar-refractivity contribution in [3.63, 3.8) is 0 Å². The van der Waals surface area contributed by atoms with Crippen LogP contribution in [-0.2, 0) is 19.0 Å². The van der Waals surface area contributed by atoms with E-state index in [0.29, 0.717) is 17.1 Å². The Morgan fingerprint density at radius 2 is 2.03 bits per heavy atom. The maximum Gasteiger partial charge on any atom is 0.223 e. The number of amides is 1. The number of benzene rings is 1. The molecule has 0 radical (unpaired) electrons. The summed E-state index contributed by atoms with van der Waals surface area (Å²) in [6.07, 6.45) is -2.02. The molecule has 0 aliphatic carbocycles. The molecule has 4 rings (SSSR count). The average Bonchev–Trinajstić information content (AvgIpc) is 3.26. The van der Waals surface area contributed by atoms with Gasteiger partial charge in [0, 0.05) is 12.5 Å². The van der Waals surface area contributed by atoms with Gasteiger partial charge in [0.2, 0.25) is 18.5 Å². The van der Waals surface area contributed by atoms with Gasteiger partial charge in [0.1, 0.15) is 36.4 Å². The van der Waals surface area contributed by atoms with E-state index in [9.17, 15) is 14.7 Å². The first kappa shape index (κ1) is 19.6. The predicted molar refractivity (Wildman–Crippen MR) is 97.0 cm³/mol. The van der Waals surface area contributed by atoms with Crippen molar-refractivity contribution in [3.8, 4) is 5.75 Å². The molecular weight excluding hydrogens is 382 g/mol. The van der Waals surface area contributed by atoms with Crippen LogP contribution < -0.4 is 10.1 Å². The lowest BCUT2D eigenvalue weighted by atomic mass is 9.96. The summed E-state index contributed by atoms with van der Waals surface area (Å²) in [5, 5.41) is 13.6. The fourth-order valence-electron chi connectivity index (χ4n) is 3.41. The smallest absolute Gasteiger partial charge is 0.223 e. The largest absolute Gasteiger partial charge is 0.464 e. The van der Waals surface area contributed by atoms with Gasteiger partial charge in [-0.15, -0.1) is 0 Å². The second-order valence-electron chi connectivity index (χ2n) is 6.85. The fraction of sp³-hybridized carbons (Fsp3) is 0.400. The number of carbonyl (C=O) groups is 2. The monoisotopic (exact) mass is 403 g/mol. The molecule has 2 aliphatic rings. The van der Waals surface area contributed by atoms with Crippen LogP contribution in [0.1, 0.15) is 29.3 Å². The van der Waals surface area contributed by atoms with E-state index in [1.807, 2.05) is 0 Å². The topological polar surface area (TPSA) is 116 Å². The number of nitrogens with one attached hydrogen (secondary N) is 1. The van der Waals surface area contributed by atoms with E-state index in [4.69, 9.17) is 23.4 Å². The summed E-state index contributed by atoms with van der Waals surface area (Å²) < 4.78 is 28.6. The van der Waals surface area contributed by atoms with E-state index in [1.165, 1.54) is 13.2 Å². The number of carbonyl (C=O) groups excluding carboxylic acids is 2. The zero-order chi connectivity index (χ0) is 20.4. The zero-order valence-corrected chi connectivity index (χ0v) is 15.6. The summed E-state index contributed by atoms with van der Waals surface area (Å²) in [5.74, 6) is 0.545. The Hall–Kier alpha value is -2.72. The second-order valence-corrected chi connectivity index (χ2v) is 6.85. The lowest BCUT2D eigenvalue weighted by Gasteiger charge is -2.47. The summed E-state index contributed by atoms with van der Waals surface area (Å²) in [7, 11) is 0. The van der Waals surface area contributed by atoms with Crippen molar-refractivity contribution in [1.29, 1.82) is 0 Å². The summed E-state index contributed by atoms with van der Waals surface area (Å²) in [6, 6.07) is 8.95. The van der Waals surface area contributed by atoms with Gasteiger partial charge in [-0.3, -0.25) is 9.59 Å². The Bertz CT molecular complexity index is 837. The van der Waals surface area contributed by atoms with Gasteiger partial charge in [0.05, 0.1) is 12.9 Å². The molecule has 0 saturated carbocycles. The third kappa shape index (κ3) is 4.18. The lowest BCUT2D eigenvalue weighted by Crippen LogP contribution is -2.67. The van der Waals surface area contributed by atoms with E-state index in [0.717, 1.165) is 6.29 Å². The highest BCUT2D eigenvalue weighted by atomic mass is 16.8. The molecule has 154 valence electrons. The van der Waals surface area contributed by atoms with Crippen molar-refractivity contribution in [3.05, 3.63) is 54.0 Å². The van der Waals surface area contributed by atoms with E-state index in [2.05, 4.69) is 5.32 Å². The molecule has 2 fully saturated rings. The highest BCUT2D eigenvalue weighted by Crippen LogP contribution is 2.35. The number of hydrogen-bond acceptors (Lipinski definition) is 8. The molecule has 9 nitrogen and oxygen atoms in total. The van der Waals surface area contributed by atoms with Gasteiger partial charge >= 0.3 is 0 Å². The van der Waals surface area contributed by atoms with Crippen LogP contribution >= 0.6 is 0 Å². The molecule has 29 heavy (non-hydrogen) atoms. The van der Waals surface area contributed by atoms with Crippen molar-refractivity contribution in [2.24, 2.45) is 0 Å². The SMILES string of the molecule is CC(=O)NC1C(Oc2ccc(C=O)cc2)OC2COC(c3ccco3)OC2C1O. The summed E-state index contributed by atoms with van der Waals surface area (Å²) in [5.41, 5.74) is 0.499. The van der Waals surface area contributed by atoms with Crippen LogP contribution in [0.3, 0.4) is 0 Å². The molecule has 1 aromatic heterocycles. The van der Waals surface area contributed by atoms with E-state index in [1.54, 1.807) is 36.4 Å². The maximum atomic E-state index is 11.7. The van der Waals surface area contributed by atoms with Gasteiger partial charge in [-0.1, -0.05) is 0 Å². The molecule has 0 bridgehead atoms. The minimum Gasteiger partial charge on any atom is -0.464 e. The van der Waals surface area contributed by atoms with Crippen molar-refractivity contribution < 1.29 is 38.1 Å². The van der Waals surface area contributed by atoms with E-state index < -0.39 is 36.9 Å². The normalized spacial score (nSPS) is 31.5. The standard InChI is InChI=1S/C20H21NO8/c1-11(23)21-16-17(24)18-15(10-26-19(29-18)14-3-2-8-25-14)28-20(16)27-13-6-4-12(9-22)5-7-13/h2-9,15-20,24H,10H2,1H3,(H,21,23). The highest BCUT2D eigenvalue weighted by Gasteiger charge is 2.51. The molecule has 1 aromatic carbocycles. The minimum atomic E-state index is -1.11. The number of fused-ring (bicyclic) bond motifs is 1. The van der Waals surface area contributed by atoms with E-state index in [-0.39, 0.29) is 12.5 Å². The third-order valence-electron chi connectivity index (χ3n) is 4.78. The average molecular weight is 403 g/mol. The number of rotatable bonds is 5. The van der Waals surface area contributed by atoms with Gasteiger partial charge in [0.25, 0.3) is 0 Å². The molecule has 3 heterocycles. The fourth-order valence-corrected chi connectivity index (χ4v) is 3.41. The van der Waals surface area contributed by atoms with Gasteiger partial charge in [-0.05, 0) is 36.4 Å². The lowest BCUT2D eigenvalue weighted by molar-refractivity contribution is -0.336. The first-order valence-electron chi connectivity index (χ1n) is 9.18. The summed E-state index contributed by atoms with van der Waals surface area (Å²) >= 11 is 0. The molecule has 0 spiro atoms. The minimum absolute atomic E-state index is 0.143. The van der Waals surface area contributed by atoms with Crippen molar-refractivity contribution in [2.75, 3.05) is 6.61 Å². The third-order valence-corrected chi connectivity index (χ3v) is 4.78. The highest BCUT2D eigenvalue weighted by molar-refractivity contribution is 5.75. The molecule has 6 unspecified atom stereocenters. The van der Waals surface area contributed by atoms with Gasteiger partial charge in [-0.2, -0.15) is 0 Å². The molecule has 9 heteroatoms. The Kier molecular flexibility index (Phi) is 5.63. The molecule has 2 N–H and O–H groups in total. The van der Waals surface area contributed by atoms with Crippen LogP contribution in [0.5, 0.6) is 5.75 Å². The van der Waals surface area contributed by atoms with Crippen molar-refractivity contribution >= 4 is 12.2 Å². The number of aldehydes is 1. The van der Waals surface area contributed by atoms with Crippen LogP contribution in [0.4, 0.5) is 0 Å². The summed E-state index contributed by atoms with van der Waals surface area (Å²) in [6.45, 7) is 1.48. The van der Waals surface area contributed by atoms with Gasteiger partial charge < -0.3 is 33.8 Å². The number of aliphatic hydroxyl groups is 1. The van der Waals surface area contributed by atoms with Crippen LogP contribution in [0, 0.1) is 0 Å². The van der Waals surface area contributed by atoms with E-state index >= 15 is 0 Å². The second kappa shape index (κ2) is 8.34. The van der Waals surface area contributed by atoms with Crippen LogP contribution in [0.15, 0.2) is 47.1 Å². The maximum absolute atomic E-state index is 11.7. The van der Waals surface area contributed by atoms with Crippen LogP contribution in [-0.4, -0.2) is 54.6 Å². The number of hydrogen-bond donors (Lipinski definition) is 2. The molecule has 2 saturated heterocycles. The number of ether oxygens (including phenoxy) is 4. The van der Waals surface area contributed by atoms with Crippen molar-refractivity contribution in [2.45, 2.75) is 43.9 Å². The first-order valence-corrected chi connectivity index (χ1v) is 9.18. The Morgan fingerprint density at radius 1 is 1.24 bits per heavy atom. The molecule has 6 atom stereocenters. The first-order chi connectivity index (χ1) is 14.0. The molecule has 2 aromatic rings. The zero-order valence-electron chi connectivity index (χ0n) is 15.6. The predicted octanol–water partition coefficient (Wildman–Crippen LogP) is 1.18. The quantitative estimate of drug-likeness (QED) is 0.715. The van der Waals surface area contributed by atoms with Gasteiger partial charge in [0.15, 0.2) is 5.76 Å². The van der Waals surface area contributed by atoms with Crippen molar-refractivity contribution in [1.82, 2.24) is 5.32 Å². The Labute approximate surface area is 166 Å². The molecule has 2 aliphatic heterocycles. The summed E-state index contributed by atoms with van der Waals surface area (Å²) in [4.78, 5) is 22.5. The Morgan fingerprint density at radius 3 is 2.69 bits per heavy atom. The molecular formula is C20H21NO8. The van der Waals surface area contributed by atoms with Crippen LogP contribution in [0.25, 0.3) is 0 Å². The van der Waals surface area contributed by atoms with Crippen LogP contribution in [0.2, 0.25) is 0 Å². The van der Waals surface area contributed by atoms with Gasteiger partial charge in [-0.25, -0.2) is 0 Å². The Balaban J connectivity index is 1.52. The number of aliphatic hydroxyl groups excluding tert-OH is 1. The number of furan rings is 1.